The number of rotatable bonds is 6. The molecule has 0 fully saturated rings. The molecule has 5 rings (SSSR count). The van der Waals surface area contributed by atoms with E-state index in [9.17, 15) is 27.9 Å². The van der Waals surface area contributed by atoms with Crippen LogP contribution in [0, 0.1) is 0 Å². The fourth-order valence-corrected chi connectivity index (χ4v) is 5.39. The third kappa shape index (κ3) is 5.90. The van der Waals surface area contributed by atoms with Gasteiger partial charge in [-0.05, 0) is 61.0 Å². The summed E-state index contributed by atoms with van der Waals surface area (Å²) < 4.78 is 48.7. The van der Waals surface area contributed by atoms with Crippen LogP contribution in [0.25, 0.3) is 6.08 Å². The van der Waals surface area contributed by atoms with Crippen LogP contribution in [0.4, 0.5) is 24.5 Å². The smallest absolute Gasteiger partial charge is 0.434 e. The average Bonchev–Trinajstić information content (AvgIpc) is 3.27. The maximum absolute atomic E-state index is 14.3. The summed E-state index contributed by atoms with van der Waals surface area (Å²) in [5.74, 6) is -1.45. The second kappa shape index (κ2) is 11.7. The molecule has 0 bridgehead atoms. The number of nitrogens with zero attached hydrogens (tertiary/aromatic N) is 4. The molecule has 13 heteroatoms. The summed E-state index contributed by atoms with van der Waals surface area (Å²) in [4.78, 5) is 30.1. The van der Waals surface area contributed by atoms with Gasteiger partial charge in [-0.15, -0.1) is 0 Å². The van der Waals surface area contributed by atoms with Crippen LogP contribution in [0.2, 0.25) is 5.02 Å². The summed E-state index contributed by atoms with van der Waals surface area (Å²) in [6.07, 6.45) is -3.71. The monoisotopic (exact) mass is 612 g/mol. The van der Waals surface area contributed by atoms with Gasteiger partial charge in [-0.25, -0.2) is 9.79 Å². The van der Waals surface area contributed by atoms with E-state index in [1.165, 1.54) is 55.5 Å². The van der Waals surface area contributed by atoms with E-state index in [4.69, 9.17) is 16.3 Å². The minimum absolute atomic E-state index is 0.0354. The fraction of sp³-hybridized carbons (Fsp3) is 0.138. The molecule has 0 aliphatic carbocycles. The lowest BCUT2D eigenvalue weighted by atomic mass is 9.95. The molecule has 0 spiro atoms. The molecule has 0 radical (unpaired) electrons. The third-order valence-corrected chi connectivity index (χ3v) is 7.35. The Morgan fingerprint density at radius 3 is 2.45 bits per heavy atom. The second-order valence-electron chi connectivity index (χ2n) is 8.89. The number of hydrogen-bond donors (Lipinski definition) is 1. The quantitative estimate of drug-likeness (QED) is 0.209. The number of hydrogen-bond acceptors (Lipinski definition) is 8. The molecule has 0 amide bonds. The van der Waals surface area contributed by atoms with Gasteiger partial charge in [0.25, 0.3) is 5.56 Å². The Balaban J connectivity index is 1.70. The number of fused-ring (bicyclic) bond motifs is 1. The summed E-state index contributed by atoms with van der Waals surface area (Å²) in [5.41, 5.74) is -1.68. The topological polar surface area (TPSA) is 106 Å². The van der Waals surface area contributed by atoms with Crippen molar-refractivity contribution in [3.63, 3.8) is 0 Å². The maximum Gasteiger partial charge on any atom is 0.434 e. The number of thiazole rings is 1. The van der Waals surface area contributed by atoms with Crippen molar-refractivity contribution in [2.45, 2.75) is 19.1 Å². The van der Waals surface area contributed by atoms with Crippen molar-refractivity contribution in [1.29, 1.82) is 0 Å². The Morgan fingerprint density at radius 2 is 1.79 bits per heavy atom. The largest absolute Gasteiger partial charge is 0.507 e. The zero-order valence-electron chi connectivity index (χ0n) is 21.7. The van der Waals surface area contributed by atoms with Gasteiger partial charge in [0.15, 0.2) is 10.5 Å². The molecule has 0 unspecified atom stereocenters. The molecule has 214 valence electrons. The number of azo groups is 1. The highest BCUT2D eigenvalue weighted by Crippen LogP contribution is 2.38. The molecular formula is C29H20ClF3N4O4S. The van der Waals surface area contributed by atoms with Crippen LogP contribution in [0.1, 0.15) is 24.1 Å². The van der Waals surface area contributed by atoms with Gasteiger partial charge in [-0.1, -0.05) is 53.3 Å². The van der Waals surface area contributed by atoms with Gasteiger partial charge in [-0.3, -0.25) is 9.36 Å². The van der Waals surface area contributed by atoms with Crippen molar-refractivity contribution in [3.05, 3.63) is 120 Å². The highest BCUT2D eigenvalue weighted by molar-refractivity contribution is 7.07. The van der Waals surface area contributed by atoms with Crippen molar-refractivity contribution in [1.82, 2.24) is 4.57 Å². The molecule has 8 nitrogen and oxygen atoms in total. The SMILES string of the molecule is CCOC(=O)C1=C(C(F)(F)F)N=c2s/c(=C\c3cc(N=Nc4ccccc4)ccc3O)c(=O)n2[C@@H]1c1ccc(Cl)cc1. The van der Waals surface area contributed by atoms with Crippen LogP contribution in [-0.4, -0.2) is 28.4 Å². The number of allylic oxidation sites excluding steroid dienone is 1. The number of alkyl halides is 3. The molecule has 0 saturated heterocycles. The standard InChI is InChI=1S/C29H20ClF3N4O4S/c1-2-41-27(40)23-24(16-8-10-18(30)11-9-16)37-26(39)22(42-28(37)34-25(23)29(31,32)33)15-17-14-20(12-13-21(17)38)36-35-19-6-4-3-5-7-19/h3-15,24,38H,2H2,1H3/b22-15-,36-35?/t24-/m1/s1. The number of carbonyl (C=O) groups excluding carboxylic acids is 1. The Bertz CT molecular complexity index is 1900. The predicted molar refractivity (Wildman–Crippen MR) is 151 cm³/mol. The third-order valence-electron chi connectivity index (χ3n) is 6.12. The van der Waals surface area contributed by atoms with E-state index >= 15 is 0 Å². The lowest BCUT2D eigenvalue weighted by molar-refractivity contribution is -0.140. The molecule has 3 aromatic carbocycles. The number of aromatic nitrogens is 1. The lowest BCUT2D eigenvalue weighted by Gasteiger charge is -2.26. The predicted octanol–water partition coefficient (Wildman–Crippen LogP) is 6.12. The molecule has 1 aromatic heterocycles. The molecule has 1 atom stereocenters. The van der Waals surface area contributed by atoms with E-state index in [-0.39, 0.29) is 32.8 Å². The second-order valence-corrected chi connectivity index (χ2v) is 10.3. The van der Waals surface area contributed by atoms with Gasteiger partial charge >= 0.3 is 12.1 Å². The Kier molecular flexibility index (Phi) is 8.10. The van der Waals surface area contributed by atoms with Gasteiger partial charge < -0.3 is 9.84 Å². The summed E-state index contributed by atoms with van der Waals surface area (Å²) in [5, 5.41) is 19.1. The first kappa shape index (κ1) is 29.0. The maximum atomic E-state index is 14.3. The van der Waals surface area contributed by atoms with Gasteiger partial charge in [0.1, 0.15) is 5.75 Å². The summed E-state index contributed by atoms with van der Waals surface area (Å²) in [6.45, 7) is 1.26. The number of ether oxygens (including phenoxy) is 1. The van der Waals surface area contributed by atoms with Crippen molar-refractivity contribution >= 4 is 46.4 Å². The van der Waals surface area contributed by atoms with Gasteiger partial charge in [0.2, 0.25) is 0 Å². The average molecular weight is 613 g/mol. The van der Waals surface area contributed by atoms with Crippen molar-refractivity contribution < 1.29 is 27.8 Å². The fourth-order valence-electron chi connectivity index (χ4n) is 4.27. The van der Waals surface area contributed by atoms with Gasteiger partial charge in [-0.2, -0.15) is 23.4 Å². The van der Waals surface area contributed by atoms with Crippen molar-refractivity contribution in [3.8, 4) is 5.75 Å². The van der Waals surface area contributed by atoms with Gasteiger partial charge in [0, 0.05) is 10.6 Å². The Morgan fingerprint density at radius 1 is 1.10 bits per heavy atom. The summed E-state index contributed by atoms with van der Waals surface area (Å²) >= 11 is 6.68. The molecule has 0 saturated carbocycles. The first-order valence-corrected chi connectivity index (χ1v) is 13.6. The molecule has 1 aliphatic heterocycles. The summed E-state index contributed by atoms with van der Waals surface area (Å²) in [7, 11) is 0. The van der Waals surface area contributed by atoms with Crippen LogP contribution in [0.15, 0.2) is 104 Å². The van der Waals surface area contributed by atoms with E-state index in [1.807, 2.05) is 6.07 Å². The molecule has 2 heterocycles. The van der Waals surface area contributed by atoms with Crippen molar-refractivity contribution in [2.75, 3.05) is 6.61 Å². The number of aromatic hydroxyl groups is 1. The zero-order valence-corrected chi connectivity index (χ0v) is 23.2. The van der Waals surface area contributed by atoms with Crippen LogP contribution >= 0.6 is 22.9 Å². The number of benzene rings is 3. The van der Waals surface area contributed by atoms with Crippen molar-refractivity contribution in [2.24, 2.45) is 15.2 Å². The molecule has 1 N–H and O–H groups in total. The normalized spacial score (nSPS) is 15.5. The number of carbonyl (C=O) groups is 1. The number of phenols is 1. The molecule has 42 heavy (non-hydrogen) atoms. The highest BCUT2D eigenvalue weighted by Gasteiger charge is 2.45. The number of esters is 1. The van der Waals surface area contributed by atoms with Crippen LogP contribution in [0.5, 0.6) is 5.75 Å². The van der Waals surface area contributed by atoms with E-state index < -0.39 is 35.0 Å². The molecule has 4 aromatic rings. The highest BCUT2D eigenvalue weighted by atomic mass is 35.5. The lowest BCUT2D eigenvalue weighted by Crippen LogP contribution is -2.41. The van der Waals surface area contributed by atoms with Crippen LogP contribution in [-0.2, 0) is 9.53 Å². The minimum Gasteiger partial charge on any atom is -0.507 e. The first-order valence-electron chi connectivity index (χ1n) is 12.4. The number of halogens is 4. The Hall–Kier alpha value is -4.55. The van der Waals surface area contributed by atoms with Gasteiger partial charge in [0.05, 0.1) is 34.1 Å². The van der Waals surface area contributed by atoms with E-state index in [0.717, 1.165) is 4.57 Å². The summed E-state index contributed by atoms with van der Waals surface area (Å²) in [6, 6.07) is 17.5. The first-order chi connectivity index (χ1) is 20.1. The number of phenolic OH excluding ortho intramolecular Hbond substituents is 1. The molecule has 1 aliphatic rings. The Labute approximate surface area is 245 Å². The molecular weight excluding hydrogens is 593 g/mol. The van der Waals surface area contributed by atoms with Crippen LogP contribution < -0.4 is 14.9 Å². The van der Waals surface area contributed by atoms with Crippen LogP contribution in [0.3, 0.4) is 0 Å². The van der Waals surface area contributed by atoms with E-state index in [2.05, 4.69) is 15.2 Å². The van der Waals surface area contributed by atoms with E-state index in [1.54, 1.807) is 24.3 Å². The minimum atomic E-state index is -5.03. The zero-order chi connectivity index (χ0) is 30.0. The van der Waals surface area contributed by atoms with E-state index in [0.29, 0.717) is 27.7 Å².